The zero-order valence-electron chi connectivity index (χ0n) is 16.0. The molecule has 0 fully saturated rings. The fourth-order valence-corrected chi connectivity index (χ4v) is 3.46. The van der Waals surface area contributed by atoms with Gasteiger partial charge in [0.05, 0.1) is 30.2 Å². The minimum absolute atomic E-state index is 0.0144. The number of benzene rings is 2. The van der Waals surface area contributed by atoms with Gasteiger partial charge >= 0.3 is 5.63 Å². The Morgan fingerprint density at radius 2 is 1.93 bits per heavy atom. The number of methoxy groups -OCH3 is 1. The van der Waals surface area contributed by atoms with E-state index in [2.05, 4.69) is 10.3 Å². The molecule has 3 aromatic rings. The molecule has 0 aliphatic carbocycles. The molecule has 2 heterocycles. The lowest BCUT2D eigenvalue weighted by Crippen LogP contribution is -2.20. The maximum absolute atomic E-state index is 12.5. The average Bonchev–Trinajstić information content (AvgIpc) is 2.86. The largest absolute Gasteiger partial charge is 0.507 e. The average molecular weight is 392 g/mol. The topological polar surface area (TPSA) is 104 Å². The van der Waals surface area contributed by atoms with Crippen molar-refractivity contribution in [2.75, 3.05) is 12.4 Å². The second-order valence-electron chi connectivity index (χ2n) is 6.81. The first-order chi connectivity index (χ1) is 14.0. The quantitative estimate of drug-likeness (QED) is 0.621. The van der Waals surface area contributed by atoms with Crippen LogP contribution in [0.4, 0.5) is 11.4 Å². The Bertz CT molecular complexity index is 1170. The molecule has 0 amide bonds. The molecule has 7 heteroatoms. The van der Waals surface area contributed by atoms with Gasteiger partial charge in [0.15, 0.2) is 11.5 Å². The first-order valence-electron chi connectivity index (χ1n) is 9.10. The Morgan fingerprint density at radius 1 is 1.14 bits per heavy atom. The lowest BCUT2D eigenvalue weighted by Gasteiger charge is -2.20. The van der Waals surface area contributed by atoms with E-state index in [1.54, 1.807) is 19.1 Å². The highest BCUT2D eigenvalue weighted by Gasteiger charge is 2.25. The zero-order valence-corrected chi connectivity index (χ0v) is 16.0. The van der Waals surface area contributed by atoms with Gasteiger partial charge in [-0.15, -0.1) is 0 Å². The number of fused-ring (bicyclic) bond motifs is 1. The second kappa shape index (κ2) is 7.35. The molecule has 1 aromatic heterocycles. The van der Waals surface area contributed by atoms with Crippen molar-refractivity contribution in [2.24, 2.45) is 4.99 Å². The lowest BCUT2D eigenvalue weighted by molar-refractivity contribution is 0.373. The number of para-hydroxylation sites is 2. The van der Waals surface area contributed by atoms with Crippen LogP contribution in [0.15, 0.2) is 62.7 Å². The highest BCUT2D eigenvalue weighted by Crippen LogP contribution is 2.38. The van der Waals surface area contributed by atoms with Crippen LogP contribution in [-0.2, 0) is 0 Å². The first-order valence-corrected chi connectivity index (χ1v) is 9.10. The summed E-state index contributed by atoms with van der Waals surface area (Å²) in [4.78, 5) is 17.1. The van der Waals surface area contributed by atoms with Crippen LogP contribution in [0.25, 0.3) is 0 Å². The molecule has 4 rings (SSSR count). The number of ether oxygens (including phenoxy) is 1. The fraction of sp³-hybridized carbons (Fsp3) is 0.182. The van der Waals surface area contributed by atoms with Gasteiger partial charge in [0, 0.05) is 12.5 Å². The van der Waals surface area contributed by atoms with E-state index in [9.17, 15) is 15.0 Å². The summed E-state index contributed by atoms with van der Waals surface area (Å²) >= 11 is 0. The highest BCUT2D eigenvalue weighted by atomic mass is 16.5. The standard InChI is InChI=1S/C22H20N2O5/c1-12-9-19(26)21(22(27)29-12)17-11-16(13-7-8-20(28-2)18(25)10-13)23-14-5-3-4-6-15(14)24-17/h3-10,16,23,25-26H,11H2,1-2H3. The number of aliphatic imine (C=N–C) groups is 1. The van der Waals surface area contributed by atoms with E-state index in [0.29, 0.717) is 29.3 Å². The molecular formula is C22H20N2O5. The van der Waals surface area contributed by atoms with Gasteiger partial charge in [0.2, 0.25) is 0 Å². The summed E-state index contributed by atoms with van der Waals surface area (Å²) < 4.78 is 10.3. The summed E-state index contributed by atoms with van der Waals surface area (Å²) in [6.07, 6.45) is 0.293. The number of aryl methyl sites for hydroxylation is 1. The number of hydrogen-bond donors (Lipinski definition) is 3. The van der Waals surface area contributed by atoms with Crippen molar-refractivity contribution >= 4 is 17.1 Å². The van der Waals surface area contributed by atoms with Crippen LogP contribution in [0.2, 0.25) is 0 Å². The number of aromatic hydroxyl groups is 2. The SMILES string of the molecule is COc1ccc(C2CC(c3c(O)cc(C)oc3=O)=Nc3ccccc3N2)cc1O. The Balaban J connectivity index is 1.85. The van der Waals surface area contributed by atoms with Crippen molar-refractivity contribution in [1.82, 2.24) is 0 Å². The molecule has 0 saturated heterocycles. The number of rotatable bonds is 3. The van der Waals surface area contributed by atoms with Gasteiger partial charge in [-0.1, -0.05) is 18.2 Å². The third-order valence-corrected chi connectivity index (χ3v) is 4.83. The van der Waals surface area contributed by atoms with Gasteiger partial charge in [0.1, 0.15) is 17.1 Å². The van der Waals surface area contributed by atoms with E-state index in [1.165, 1.54) is 13.2 Å². The predicted molar refractivity (Wildman–Crippen MR) is 110 cm³/mol. The molecule has 0 bridgehead atoms. The number of phenolic OH excluding ortho intramolecular Hbond substituents is 1. The molecule has 3 N–H and O–H groups in total. The van der Waals surface area contributed by atoms with E-state index >= 15 is 0 Å². The number of anilines is 1. The Labute approximate surface area is 166 Å². The molecule has 148 valence electrons. The van der Waals surface area contributed by atoms with Crippen LogP contribution >= 0.6 is 0 Å². The number of nitrogens with one attached hydrogen (secondary N) is 1. The minimum atomic E-state index is -0.642. The maximum atomic E-state index is 12.5. The van der Waals surface area contributed by atoms with Gasteiger partial charge in [-0.3, -0.25) is 4.99 Å². The van der Waals surface area contributed by atoms with Crippen molar-refractivity contribution < 1.29 is 19.4 Å². The van der Waals surface area contributed by atoms with Crippen LogP contribution in [0.3, 0.4) is 0 Å². The number of nitrogens with zero attached hydrogens (tertiary/aromatic N) is 1. The summed E-state index contributed by atoms with van der Waals surface area (Å²) in [7, 11) is 1.49. The van der Waals surface area contributed by atoms with E-state index in [0.717, 1.165) is 11.3 Å². The van der Waals surface area contributed by atoms with Crippen LogP contribution in [0.5, 0.6) is 17.2 Å². The molecule has 0 spiro atoms. The van der Waals surface area contributed by atoms with Crippen molar-refractivity contribution in [3.05, 3.63) is 75.8 Å². The molecule has 7 nitrogen and oxygen atoms in total. The number of hydrogen-bond acceptors (Lipinski definition) is 7. The Hall–Kier alpha value is -3.74. The molecule has 1 aliphatic rings. The van der Waals surface area contributed by atoms with Gasteiger partial charge in [0.25, 0.3) is 0 Å². The summed E-state index contributed by atoms with van der Waals surface area (Å²) in [6, 6.07) is 13.6. The van der Waals surface area contributed by atoms with Crippen LogP contribution in [0.1, 0.15) is 29.3 Å². The van der Waals surface area contributed by atoms with Crippen LogP contribution in [-0.4, -0.2) is 23.0 Å². The van der Waals surface area contributed by atoms with E-state index in [1.807, 2.05) is 30.3 Å². The summed E-state index contributed by atoms with van der Waals surface area (Å²) in [5, 5.41) is 24.0. The maximum Gasteiger partial charge on any atom is 0.348 e. The Morgan fingerprint density at radius 3 is 2.66 bits per heavy atom. The van der Waals surface area contributed by atoms with Crippen molar-refractivity contribution in [1.29, 1.82) is 0 Å². The molecule has 1 atom stereocenters. The smallest absolute Gasteiger partial charge is 0.348 e. The summed E-state index contributed by atoms with van der Waals surface area (Å²) in [5.41, 5.74) is 1.99. The lowest BCUT2D eigenvalue weighted by atomic mass is 9.97. The third-order valence-electron chi connectivity index (χ3n) is 4.83. The van der Waals surface area contributed by atoms with Gasteiger partial charge < -0.3 is 24.7 Å². The van der Waals surface area contributed by atoms with Crippen LogP contribution < -0.4 is 15.7 Å². The minimum Gasteiger partial charge on any atom is -0.507 e. The number of phenols is 1. The molecule has 29 heavy (non-hydrogen) atoms. The van der Waals surface area contributed by atoms with Crippen LogP contribution in [0, 0.1) is 6.92 Å². The van der Waals surface area contributed by atoms with Gasteiger partial charge in [-0.25, -0.2) is 4.79 Å². The van der Waals surface area contributed by atoms with Gasteiger partial charge in [-0.2, -0.15) is 0 Å². The first kappa shape index (κ1) is 18.6. The van der Waals surface area contributed by atoms with E-state index in [4.69, 9.17) is 9.15 Å². The molecule has 0 radical (unpaired) electrons. The van der Waals surface area contributed by atoms with Gasteiger partial charge in [-0.05, 0) is 36.8 Å². The van der Waals surface area contributed by atoms with Crippen molar-refractivity contribution in [3.63, 3.8) is 0 Å². The second-order valence-corrected chi connectivity index (χ2v) is 6.81. The van der Waals surface area contributed by atoms with Crippen molar-refractivity contribution in [2.45, 2.75) is 19.4 Å². The molecule has 1 aliphatic heterocycles. The van der Waals surface area contributed by atoms with E-state index < -0.39 is 5.63 Å². The summed E-state index contributed by atoms with van der Waals surface area (Å²) in [5.74, 6) is 0.530. The molecular weight excluding hydrogens is 372 g/mol. The predicted octanol–water partition coefficient (Wildman–Crippen LogP) is 4.05. The van der Waals surface area contributed by atoms with E-state index in [-0.39, 0.29) is 23.1 Å². The summed E-state index contributed by atoms with van der Waals surface area (Å²) in [6.45, 7) is 1.60. The zero-order chi connectivity index (χ0) is 20.5. The molecule has 1 unspecified atom stereocenters. The van der Waals surface area contributed by atoms with Crippen molar-refractivity contribution in [3.8, 4) is 17.2 Å². The fourth-order valence-electron chi connectivity index (χ4n) is 3.46. The third kappa shape index (κ3) is 3.54. The monoisotopic (exact) mass is 392 g/mol. The molecule has 2 aromatic carbocycles. The highest BCUT2D eigenvalue weighted by molar-refractivity contribution is 6.05. The normalized spacial score (nSPS) is 15.7. The Kier molecular flexibility index (Phi) is 4.72. The molecule has 0 saturated carbocycles.